The lowest BCUT2D eigenvalue weighted by Gasteiger charge is -2.22. The minimum atomic E-state index is -0.297. The van der Waals surface area contributed by atoms with E-state index in [1.54, 1.807) is 11.9 Å². The smallest absolute Gasteiger partial charge is 0.248 e. The van der Waals surface area contributed by atoms with Crippen LogP contribution in [0.2, 0.25) is 0 Å². The van der Waals surface area contributed by atoms with Crippen molar-refractivity contribution in [3.05, 3.63) is 29.8 Å². The summed E-state index contributed by atoms with van der Waals surface area (Å²) in [4.78, 5) is 13.4. The Bertz CT molecular complexity index is 420. The first-order valence-electron chi connectivity index (χ1n) is 6.85. The second-order valence-corrected chi connectivity index (χ2v) is 5.88. The molecular formula is C16H25NO3. The Morgan fingerprint density at radius 3 is 2.35 bits per heavy atom. The molecule has 0 aliphatic rings. The van der Waals surface area contributed by atoms with Crippen LogP contribution in [0.4, 0.5) is 0 Å². The number of carbonyl (C=O) groups is 1. The van der Waals surface area contributed by atoms with Gasteiger partial charge in [0.15, 0.2) is 0 Å². The van der Waals surface area contributed by atoms with Crippen LogP contribution in [-0.4, -0.2) is 43.2 Å². The van der Waals surface area contributed by atoms with Crippen molar-refractivity contribution in [1.29, 1.82) is 0 Å². The number of benzene rings is 1. The van der Waals surface area contributed by atoms with E-state index in [2.05, 4.69) is 0 Å². The molecule has 0 N–H and O–H groups in total. The van der Waals surface area contributed by atoms with Gasteiger partial charge in [0.05, 0.1) is 12.1 Å². The molecule has 0 aromatic heterocycles. The molecule has 0 radical (unpaired) electrons. The first kappa shape index (κ1) is 16.5. The van der Waals surface area contributed by atoms with E-state index < -0.39 is 0 Å². The molecule has 112 valence electrons. The molecule has 0 saturated heterocycles. The van der Waals surface area contributed by atoms with Crippen molar-refractivity contribution in [2.45, 2.75) is 33.3 Å². The lowest BCUT2D eigenvalue weighted by atomic mass is 10.2. The molecule has 0 aliphatic carbocycles. The van der Waals surface area contributed by atoms with Crippen LogP contribution in [0, 0.1) is 6.92 Å². The van der Waals surface area contributed by atoms with Gasteiger partial charge in [-0.3, -0.25) is 4.79 Å². The molecule has 1 rings (SSSR count). The molecule has 0 saturated carbocycles. The van der Waals surface area contributed by atoms with Crippen molar-refractivity contribution >= 4 is 5.91 Å². The quantitative estimate of drug-likeness (QED) is 0.803. The van der Waals surface area contributed by atoms with Crippen molar-refractivity contribution < 1.29 is 14.3 Å². The fourth-order valence-electron chi connectivity index (χ4n) is 1.45. The van der Waals surface area contributed by atoms with Gasteiger partial charge in [-0.05, 0) is 39.8 Å². The van der Waals surface area contributed by atoms with E-state index in [1.807, 2.05) is 52.0 Å². The number of rotatable bonds is 6. The highest BCUT2D eigenvalue weighted by molar-refractivity contribution is 5.77. The van der Waals surface area contributed by atoms with E-state index in [-0.39, 0.29) is 18.1 Å². The topological polar surface area (TPSA) is 38.8 Å². The highest BCUT2D eigenvalue weighted by atomic mass is 16.5. The number of carbonyl (C=O) groups excluding carboxylic acids is 1. The van der Waals surface area contributed by atoms with E-state index in [4.69, 9.17) is 9.47 Å². The third-order valence-corrected chi connectivity index (χ3v) is 2.77. The number of nitrogens with zero attached hydrogens (tertiary/aromatic N) is 1. The maximum Gasteiger partial charge on any atom is 0.248 e. The molecule has 4 heteroatoms. The number of aryl methyl sites for hydroxylation is 1. The molecule has 4 nitrogen and oxygen atoms in total. The van der Waals surface area contributed by atoms with Gasteiger partial charge >= 0.3 is 0 Å². The predicted molar refractivity (Wildman–Crippen MR) is 80.0 cm³/mol. The van der Waals surface area contributed by atoms with Gasteiger partial charge in [-0.15, -0.1) is 0 Å². The lowest BCUT2D eigenvalue weighted by molar-refractivity contribution is -0.140. The number of hydrogen-bond donors (Lipinski definition) is 0. The Labute approximate surface area is 121 Å². The van der Waals surface area contributed by atoms with Crippen LogP contribution in [0.3, 0.4) is 0 Å². The van der Waals surface area contributed by atoms with Crippen LogP contribution in [0.15, 0.2) is 24.3 Å². The van der Waals surface area contributed by atoms with E-state index >= 15 is 0 Å². The normalized spacial score (nSPS) is 11.2. The zero-order chi connectivity index (χ0) is 15.2. The van der Waals surface area contributed by atoms with Crippen molar-refractivity contribution in [2.24, 2.45) is 0 Å². The number of ether oxygens (including phenoxy) is 2. The molecule has 1 amide bonds. The molecule has 0 unspecified atom stereocenters. The van der Waals surface area contributed by atoms with E-state index in [0.717, 1.165) is 5.75 Å². The molecular weight excluding hydrogens is 254 g/mol. The summed E-state index contributed by atoms with van der Waals surface area (Å²) in [5, 5.41) is 0. The number of amides is 1. The summed E-state index contributed by atoms with van der Waals surface area (Å²) in [5.41, 5.74) is 0.901. The molecule has 0 fully saturated rings. The Hall–Kier alpha value is -1.55. The van der Waals surface area contributed by atoms with Crippen molar-refractivity contribution in [1.82, 2.24) is 4.90 Å². The number of likely N-dealkylation sites (N-methyl/N-ethyl adjacent to an activating group) is 1. The molecule has 0 bridgehead atoms. The van der Waals surface area contributed by atoms with Gasteiger partial charge in [-0.1, -0.05) is 17.7 Å². The average Bonchev–Trinajstić information content (AvgIpc) is 2.37. The van der Waals surface area contributed by atoms with Crippen LogP contribution >= 0.6 is 0 Å². The van der Waals surface area contributed by atoms with Crippen molar-refractivity contribution in [2.75, 3.05) is 26.8 Å². The highest BCUT2D eigenvalue weighted by Crippen LogP contribution is 2.11. The molecule has 0 atom stereocenters. The van der Waals surface area contributed by atoms with Gasteiger partial charge in [0.1, 0.15) is 19.0 Å². The summed E-state index contributed by atoms with van der Waals surface area (Å²) in [6.45, 7) is 8.94. The SMILES string of the molecule is Cc1ccc(OCCN(C)C(=O)COC(C)(C)C)cc1. The third kappa shape index (κ3) is 6.57. The predicted octanol–water partition coefficient (Wildman–Crippen LogP) is 2.65. The highest BCUT2D eigenvalue weighted by Gasteiger charge is 2.15. The monoisotopic (exact) mass is 279 g/mol. The third-order valence-electron chi connectivity index (χ3n) is 2.77. The van der Waals surface area contributed by atoms with Crippen LogP contribution in [0.1, 0.15) is 26.3 Å². The van der Waals surface area contributed by atoms with Gasteiger partial charge in [0, 0.05) is 7.05 Å². The maximum atomic E-state index is 11.8. The molecule has 0 aliphatic heterocycles. The second-order valence-electron chi connectivity index (χ2n) is 5.88. The Kier molecular flexibility index (Phi) is 6.02. The number of hydrogen-bond acceptors (Lipinski definition) is 3. The van der Waals surface area contributed by atoms with Crippen molar-refractivity contribution in [3.63, 3.8) is 0 Å². The molecule has 0 heterocycles. The summed E-state index contributed by atoms with van der Waals surface area (Å²) < 4.78 is 11.1. The summed E-state index contributed by atoms with van der Waals surface area (Å²) in [6, 6.07) is 7.86. The zero-order valence-electron chi connectivity index (χ0n) is 13.1. The van der Waals surface area contributed by atoms with E-state index in [0.29, 0.717) is 13.2 Å². The first-order valence-corrected chi connectivity index (χ1v) is 6.85. The summed E-state index contributed by atoms with van der Waals surface area (Å²) in [5.74, 6) is 0.787. The van der Waals surface area contributed by atoms with E-state index in [9.17, 15) is 4.79 Å². The van der Waals surface area contributed by atoms with Gasteiger partial charge in [0.25, 0.3) is 0 Å². The Morgan fingerprint density at radius 2 is 1.80 bits per heavy atom. The largest absolute Gasteiger partial charge is 0.492 e. The average molecular weight is 279 g/mol. The minimum absolute atomic E-state index is 0.0348. The zero-order valence-corrected chi connectivity index (χ0v) is 13.1. The van der Waals surface area contributed by atoms with Gasteiger partial charge < -0.3 is 14.4 Å². The van der Waals surface area contributed by atoms with Crippen molar-refractivity contribution in [3.8, 4) is 5.75 Å². The molecule has 1 aromatic carbocycles. The van der Waals surface area contributed by atoms with Crippen LogP contribution < -0.4 is 4.74 Å². The molecule has 1 aromatic rings. The standard InChI is InChI=1S/C16H25NO3/c1-13-6-8-14(9-7-13)19-11-10-17(5)15(18)12-20-16(2,3)4/h6-9H,10-12H2,1-5H3. The summed E-state index contributed by atoms with van der Waals surface area (Å²) in [7, 11) is 1.76. The Balaban J connectivity index is 2.27. The molecule has 0 spiro atoms. The first-order chi connectivity index (χ1) is 9.28. The van der Waals surface area contributed by atoms with Gasteiger partial charge in [-0.25, -0.2) is 0 Å². The summed E-state index contributed by atoms with van der Waals surface area (Å²) >= 11 is 0. The second kappa shape index (κ2) is 7.29. The minimum Gasteiger partial charge on any atom is -0.492 e. The fraction of sp³-hybridized carbons (Fsp3) is 0.562. The van der Waals surface area contributed by atoms with Crippen LogP contribution in [0.25, 0.3) is 0 Å². The Morgan fingerprint density at radius 1 is 1.20 bits per heavy atom. The van der Waals surface area contributed by atoms with E-state index in [1.165, 1.54) is 5.56 Å². The fourth-order valence-corrected chi connectivity index (χ4v) is 1.45. The molecule has 20 heavy (non-hydrogen) atoms. The maximum absolute atomic E-state index is 11.8. The van der Waals surface area contributed by atoms with Gasteiger partial charge in [-0.2, -0.15) is 0 Å². The summed E-state index contributed by atoms with van der Waals surface area (Å²) in [6.07, 6.45) is 0. The van der Waals surface area contributed by atoms with Gasteiger partial charge in [0.2, 0.25) is 5.91 Å². The lowest BCUT2D eigenvalue weighted by Crippen LogP contribution is -2.36. The van der Waals surface area contributed by atoms with Crippen LogP contribution in [-0.2, 0) is 9.53 Å². The van der Waals surface area contributed by atoms with Crippen LogP contribution in [0.5, 0.6) is 5.75 Å².